The second-order valence-corrected chi connectivity index (χ2v) is 8.72. The van der Waals surface area contributed by atoms with Gasteiger partial charge in [0.15, 0.2) is 0 Å². The van der Waals surface area contributed by atoms with Crippen molar-refractivity contribution in [2.45, 2.75) is 24.7 Å². The standard InChI is InChI=1S/C23H22F2N2O4S/c1-15-7-10-18(26-23(28)12-8-16-13-17(24)9-11-19(16)25)14-22(15)32(29,30)27-20-5-3-4-6-21(20)31-2/h3-7,9-11,13-14,27H,8,12H2,1-2H3,(H,26,28). The third kappa shape index (κ3) is 5.61. The van der Waals surface area contributed by atoms with Crippen LogP contribution in [0.15, 0.2) is 65.6 Å². The Morgan fingerprint density at radius 2 is 1.78 bits per heavy atom. The summed E-state index contributed by atoms with van der Waals surface area (Å²) in [5, 5.41) is 2.60. The van der Waals surface area contributed by atoms with Gasteiger partial charge in [-0.2, -0.15) is 0 Å². The van der Waals surface area contributed by atoms with Crippen LogP contribution < -0.4 is 14.8 Å². The second kappa shape index (κ2) is 9.78. The first-order valence-corrected chi connectivity index (χ1v) is 11.2. The van der Waals surface area contributed by atoms with E-state index < -0.39 is 27.6 Å². The second-order valence-electron chi connectivity index (χ2n) is 7.07. The van der Waals surface area contributed by atoms with Gasteiger partial charge in [-0.05, 0) is 66.9 Å². The van der Waals surface area contributed by atoms with E-state index in [1.54, 1.807) is 43.3 Å². The molecule has 1 amide bonds. The van der Waals surface area contributed by atoms with E-state index in [4.69, 9.17) is 4.74 Å². The third-order valence-corrected chi connectivity index (χ3v) is 6.25. The van der Waals surface area contributed by atoms with Crippen molar-refractivity contribution in [3.63, 3.8) is 0 Å². The average molecular weight is 461 g/mol. The summed E-state index contributed by atoms with van der Waals surface area (Å²) in [4.78, 5) is 12.3. The molecule has 6 nitrogen and oxygen atoms in total. The van der Waals surface area contributed by atoms with Gasteiger partial charge in [0.25, 0.3) is 10.0 Å². The molecule has 0 bridgehead atoms. The molecule has 0 fully saturated rings. The predicted molar refractivity (Wildman–Crippen MR) is 118 cm³/mol. The van der Waals surface area contributed by atoms with Gasteiger partial charge in [-0.3, -0.25) is 9.52 Å². The van der Waals surface area contributed by atoms with Gasteiger partial charge < -0.3 is 10.1 Å². The summed E-state index contributed by atoms with van der Waals surface area (Å²) in [7, 11) is -2.54. The number of amides is 1. The number of methoxy groups -OCH3 is 1. The van der Waals surface area contributed by atoms with Crippen molar-refractivity contribution < 1.29 is 26.7 Å². The Kier molecular flexibility index (Phi) is 7.09. The maximum atomic E-state index is 13.7. The number of halogens is 2. The molecule has 9 heteroatoms. The van der Waals surface area contributed by atoms with E-state index in [2.05, 4.69) is 10.0 Å². The highest BCUT2D eigenvalue weighted by Gasteiger charge is 2.20. The fourth-order valence-corrected chi connectivity index (χ4v) is 4.44. The smallest absolute Gasteiger partial charge is 0.262 e. The summed E-state index contributed by atoms with van der Waals surface area (Å²) in [6.45, 7) is 1.63. The number of carbonyl (C=O) groups excluding carboxylic acids is 1. The Balaban J connectivity index is 1.74. The van der Waals surface area contributed by atoms with E-state index in [0.717, 1.165) is 18.2 Å². The normalized spacial score (nSPS) is 11.1. The van der Waals surface area contributed by atoms with Crippen molar-refractivity contribution in [1.82, 2.24) is 0 Å². The van der Waals surface area contributed by atoms with Gasteiger partial charge in [0.2, 0.25) is 5.91 Å². The molecule has 0 heterocycles. The molecule has 0 atom stereocenters. The van der Waals surface area contributed by atoms with E-state index in [-0.39, 0.29) is 34.7 Å². The minimum Gasteiger partial charge on any atom is -0.495 e. The van der Waals surface area contributed by atoms with E-state index in [1.807, 2.05) is 0 Å². The topological polar surface area (TPSA) is 84.5 Å². The number of rotatable bonds is 8. The zero-order chi connectivity index (χ0) is 23.3. The van der Waals surface area contributed by atoms with E-state index in [0.29, 0.717) is 11.3 Å². The number of sulfonamides is 1. The van der Waals surface area contributed by atoms with Crippen LogP contribution in [0.5, 0.6) is 5.75 Å². The minimum absolute atomic E-state index is 0.00179. The molecular formula is C23H22F2N2O4S. The zero-order valence-corrected chi connectivity index (χ0v) is 18.3. The number of anilines is 2. The van der Waals surface area contributed by atoms with Gasteiger partial charge >= 0.3 is 0 Å². The quantitative estimate of drug-likeness (QED) is 0.512. The molecule has 168 valence electrons. The lowest BCUT2D eigenvalue weighted by Crippen LogP contribution is -2.17. The average Bonchev–Trinajstić information content (AvgIpc) is 2.75. The van der Waals surface area contributed by atoms with Crippen LogP contribution in [0.3, 0.4) is 0 Å². The largest absolute Gasteiger partial charge is 0.495 e. The molecule has 0 aliphatic heterocycles. The molecule has 2 N–H and O–H groups in total. The van der Waals surface area contributed by atoms with Gasteiger partial charge in [-0.25, -0.2) is 17.2 Å². The molecule has 0 aromatic heterocycles. The van der Waals surface area contributed by atoms with Crippen LogP contribution in [0, 0.1) is 18.6 Å². The van der Waals surface area contributed by atoms with Gasteiger partial charge in [0.1, 0.15) is 17.4 Å². The van der Waals surface area contributed by atoms with Crippen LogP contribution in [0.25, 0.3) is 0 Å². The lowest BCUT2D eigenvalue weighted by Gasteiger charge is -2.14. The van der Waals surface area contributed by atoms with E-state index in [9.17, 15) is 22.0 Å². The number of hydrogen-bond acceptors (Lipinski definition) is 4. The van der Waals surface area contributed by atoms with Crippen molar-refractivity contribution in [1.29, 1.82) is 0 Å². The van der Waals surface area contributed by atoms with Crippen LogP contribution in [0.1, 0.15) is 17.5 Å². The fourth-order valence-electron chi connectivity index (χ4n) is 3.10. The number of nitrogens with one attached hydrogen (secondary N) is 2. The number of aryl methyl sites for hydroxylation is 2. The molecule has 0 unspecified atom stereocenters. The molecule has 0 saturated heterocycles. The minimum atomic E-state index is -3.97. The molecule has 0 radical (unpaired) electrons. The van der Waals surface area contributed by atoms with Crippen molar-refractivity contribution in [2.24, 2.45) is 0 Å². The summed E-state index contributed by atoms with van der Waals surface area (Å²) in [5.74, 6) is -1.27. The van der Waals surface area contributed by atoms with Crippen LogP contribution >= 0.6 is 0 Å². The molecule has 0 aliphatic carbocycles. The zero-order valence-electron chi connectivity index (χ0n) is 17.5. The Morgan fingerprint density at radius 3 is 2.53 bits per heavy atom. The summed E-state index contributed by atoms with van der Waals surface area (Å²) < 4.78 is 60.6. The fraction of sp³-hybridized carbons (Fsp3) is 0.174. The molecule has 0 spiro atoms. The molecule has 32 heavy (non-hydrogen) atoms. The molecule has 0 aliphatic rings. The first-order valence-electron chi connectivity index (χ1n) is 9.70. The van der Waals surface area contributed by atoms with Crippen molar-refractivity contribution >= 4 is 27.3 Å². The van der Waals surface area contributed by atoms with Crippen LogP contribution in [0.4, 0.5) is 20.2 Å². The Hall–Kier alpha value is -3.46. The maximum Gasteiger partial charge on any atom is 0.262 e. The number of ether oxygens (including phenoxy) is 1. The van der Waals surface area contributed by atoms with Crippen molar-refractivity contribution in [3.8, 4) is 5.75 Å². The molecular weight excluding hydrogens is 438 g/mol. The summed E-state index contributed by atoms with van der Waals surface area (Å²) in [6, 6.07) is 14.1. The van der Waals surface area contributed by atoms with Gasteiger partial charge in [-0.15, -0.1) is 0 Å². The number of para-hydroxylation sites is 2. The lowest BCUT2D eigenvalue weighted by atomic mass is 10.1. The summed E-state index contributed by atoms with van der Waals surface area (Å²) in [5.41, 5.74) is 1.11. The highest BCUT2D eigenvalue weighted by atomic mass is 32.2. The van der Waals surface area contributed by atoms with Crippen LogP contribution in [-0.4, -0.2) is 21.4 Å². The SMILES string of the molecule is COc1ccccc1NS(=O)(=O)c1cc(NC(=O)CCc2cc(F)ccc2F)ccc1C. The highest BCUT2D eigenvalue weighted by Crippen LogP contribution is 2.28. The van der Waals surface area contributed by atoms with E-state index >= 15 is 0 Å². The summed E-state index contributed by atoms with van der Waals surface area (Å²) >= 11 is 0. The van der Waals surface area contributed by atoms with Gasteiger partial charge in [0.05, 0.1) is 17.7 Å². The number of hydrogen-bond donors (Lipinski definition) is 2. The number of carbonyl (C=O) groups is 1. The lowest BCUT2D eigenvalue weighted by molar-refractivity contribution is -0.116. The van der Waals surface area contributed by atoms with E-state index in [1.165, 1.54) is 13.2 Å². The molecule has 3 rings (SSSR count). The monoisotopic (exact) mass is 460 g/mol. The molecule has 0 saturated carbocycles. The Morgan fingerprint density at radius 1 is 1.03 bits per heavy atom. The Labute approximate surface area is 185 Å². The van der Waals surface area contributed by atoms with Gasteiger partial charge in [0, 0.05) is 12.1 Å². The predicted octanol–water partition coefficient (Wildman–Crippen LogP) is 4.65. The van der Waals surface area contributed by atoms with Crippen molar-refractivity contribution in [3.05, 3.63) is 83.4 Å². The van der Waals surface area contributed by atoms with Crippen molar-refractivity contribution in [2.75, 3.05) is 17.1 Å². The molecule has 3 aromatic carbocycles. The third-order valence-electron chi connectivity index (χ3n) is 4.74. The summed E-state index contributed by atoms with van der Waals surface area (Å²) in [6.07, 6.45) is -0.0996. The highest BCUT2D eigenvalue weighted by molar-refractivity contribution is 7.92. The number of benzene rings is 3. The first-order chi connectivity index (χ1) is 15.2. The maximum absolute atomic E-state index is 13.7. The first kappa shape index (κ1) is 23.2. The van der Waals surface area contributed by atoms with Crippen LogP contribution in [-0.2, 0) is 21.2 Å². The Bertz CT molecular complexity index is 1250. The molecule has 3 aromatic rings. The van der Waals surface area contributed by atoms with Gasteiger partial charge in [-0.1, -0.05) is 18.2 Å². The van der Waals surface area contributed by atoms with Crippen LogP contribution in [0.2, 0.25) is 0 Å².